The van der Waals surface area contributed by atoms with Crippen LogP contribution >= 0.6 is 0 Å². The SMILES string of the molecule is CCOc1ccc(C2/C(=C(/O)c3ccc4c(c3)OCCO4)C(=O)C(=O)N2CCN2CCOCC2)cc1OCC. The minimum atomic E-state index is -0.811. The number of aliphatic hydroxyl groups excluding tert-OH is 1. The van der Waals surface area contributed by atoms with Crippen molar-refractivity contribution in [3.63, 3.8) is 0 Å². The van der Waals surface area contributed by atoms with E-state index in [0.29, 0.717) is 86.9 Å². The Balaban J connectivity index is 1.57. The Morgan fingerprint density at radius 3 is 2.36 bits per heavy atom. The van der Waals surface area contributed by atoms with Crippen LogP contribution in [-0.4, -0.2) is 92.4 Å². The number of rotatable bonds is 9. The number of likely N-dealkylation sites (tertiary alicyclic amines) is 1. The largest absolute Gasteiger partial charge is 0.507 e. The number of aliphatic hydroxyl groups is 1. The summed E-state index contributed by atoms with van der Waals surface area (Å²) in [7, 11) is 0. The van der Waals surface area contributed by atoms with Gasteiger partial charge in [-0.3, -0.25) is 14.5 Å². The van der Waals surface area contributed by atoms with Crippen LogP contribution < -0.4 is 18.9 Å². The van der Waals surface area contributed by atoms with E-state index in [4.69, 9.17) is 23.7 Å². The van der Waals surface area contributed by atoms with E-state index in [0.717, 1.165) is 13.1 Å². The predicted octanol–water partition coefficient (Wildman–Crippen LogP) is 3.01. The standard InChI is InChI=1S/C29H34N2O8/c1-3-36-21-7-5-19(17-23(21)37-4-2)26-25(27(32)20-6-8-22-24(18-20)39-16-15-38-22)28(33)29(34)31(26)10-9-30-11-13-35-14-12-30/h5-8,17-18,26,32H,3-4,9-16H2,1-2H3/b27-25-. The topological polar surface area (TPSA) is 107 Å². The van der Waals surface area contributed by atoms with Crippen LogP contribution in [0.25, 0.3) is 5.76 Å². The summed E-state index contributed by atoms with van der Waals surface area (Å²) < 4.78 is 28.3. The summed E-state index contributed by atoms with van der Waals surface area (Å²) in [6.07, 6.45) is 0. The molecule has 5 rings (SSSR count). The Morgan fingerprint density at radius 1 is 0.897 bits per heavy atom. The molecule has 1 atom stereocenters. The molecule has 0 aliphatic carbocycles. The second-order valence-electron chi connectivity index (χ2n) is 9.38. The van der Waals surface area contributed by atoms with Gasteiger partial charge in [0.25, 0.3) is 11.7 Å². The Kier molecular flexibility index (Phi) is 8.23. The first-order valence-corrected chi connectivity index (χ1v) is 13.4. The van der Waals surface area contributed by atoms with Gasteiger partial charge >= 0.3 is 0 Å². The fourth-order valence-corrected chi connectivity index (χ4v) is 5.12. The molecule has 0 aromatic heterocycles. The molecule has 3 heterocycles. The normalized spacial score (nSPS) is 20.8. The zero-order chi connectivity index (χ0) is 27.4. The van der Waals surface area contributed by atoms with Crippen LogP contribution in [0.2, 0.25) is 0 Å². The first kappa shape index (κ1) is 26.8. The summed E-state index contributed by atoms with van der Waals surface area (Å²) >= 11 is 0. The fourth-order valence-electron chi connectivity index (χ4n) is 5.12. The van der Waals surface area contributed by atoms with Crippen molar-refractivity contribution >= 4 is 17.4 Å². The smallest absolute Gasteiger partial charge is 0.295 e. The molecule has 10 nitrogen and oxygen atoms in total. The zero-order valence-corrected chi connectivity index (χ0v) is 22.3. The number of morpholine rings is 1. The van der Waals surface area contributed by atoms with Gasteiger partial charge in [0.2, 0.25) is 0 Å². The molecule has 2 aromatic carbocycles. The lowest BCUT2D eigenvalue weighted by atomic mass is 9.94. The Morgan fingerprint density at radius 2 is 1.62 bits per heavy atom. The van der Waals surface area contributed by atoms with Crippen molar-refractivity contribution in [1.29, 1.82) is 0 Å². The van der Waals surface area contributed by atoms with E-state index >= 15 is 0 Å². The van der Waals surface area contributed by atoms with Crippen LogP contribution in [0.5, 0.6) is 23.0 Å². The molecule has 3 aliphatic rings. The minimum absolute atomic E-state index is 0.0188. The highest BCUT2D eigenvalue weighted by molar-refractivity contribution is 6.46. The third-order valence-electron chi connectivity index (χ3n) is 7.00. The molecule has 10 heteroatoms. The molecule has 0 saturated carbocycles. The number of Topliss-reactive ketones (excluding diaryl/α,β-unsaturated/α-hetero) is 1. The molecule has 0 radical (unpaired) electrons. The molecule has 208 valence electrons. The fraction of sp³-hybridized carbons (Fsp3) is 0.448. The number of nitrogens with zero attached hydrogens (tertiary/aromatic N) is 2. The lowest BCUT2D eigenvalue weighted by molar-refractivity contribution is -0.140. The summed E-state index contributed by atoms with van der Waals surface area (Å²) in [6, 6.07) is 9.53. The van der Waals surface area contributed by atoms with E-state index in [1.165, 1.54) is 4.90 Å². The molecule has 1 amide bonds. The van der Waals surface area contributed by atoms with Gasteiger partial charge in [0.15, 0.2) is 23.0 Å². The lowest BCUT2D eigenvalue weighted by Crippen LogP contribution is -2.42. The molecule has 2 fully saturated rings. The molecule has 2 aromatic rings. The van der Waals surface area contributed by atoms with Crippen LogP contribution in [0, 0.1) is 0 Å². The van der Waals surface area contributed by atoms with Gasteiger partial charge in [-0.2, -0.15) is 0 Å². The van der Waals surface area contributed by atoms with Crippen LogP contribution in [0.1, 0.15) is 31.0 Å². The van der Waals surface area contributed by atoms with Gasteiger partial charge in [-0.25, -0.2) is 0 Å². The Labute approximate surface area is 227 Å². The van der Waals surface area contributed by atoms with Crippen LogP contribution in [0.4, 0.5) is 0 Å². The van der Waals surface area contributed by atoms with Gasteiger partial charge in [-0.05, 0) is 49.7 Å². The van der Waals surface area contributed by atoms with Gasteiger partial charge in [0.05, 0.1) is 38.0 Å². The third kappa shape index (κ3) is 5.53. The van der Waals surface area contributed by atoms with Gasteiger partial charge in [-0.1, -0.05) is 6.07 Å². The highest BCUT2D eigenvalue weighted by atomic mass is 16.6. The molecular formula is C29H34N2O8. The number of fused-ring (bicyclic) bond motifs is 1. The molecule has 0 spiro atoms. The summed E-state index contributed by atoms with van der Waals surface area (Å²) in [5.41, 5.74) is 1.03. The quantitative estimate of drug-likeness (QED) is 0.293. The van der Waals surface area contributed by atoms with Crippen molar-refractivity contribution in [3.8, 4) is 23.0 Å². The van der Waals surface area contributed by atoms with Crippen molar-refractivity contribution in [2.24, 2.45) is 0 Å². The van der Waals surface area contributed by atoms with E-state index in [1.807, 2.05) is 19.9 Å². The van der Waals surface area contributed by atoms with Crippen molar-refractivity contribution < 1.29 is 38.4 Å². The van der Waals surface area contributed by atoms with E-state index < -0.39 is 17.7 Å². The number of ketones is 1. The van der Waals surface area contributed by atoms with Crippen molar-refractivity contribution in [2.75, 3.05) is 65.8 Å². The predicted molar refractivity (Wildman–Crippen MR) is 142 cm³/mol. The second-order valence-corrected chi connectivity index (χ2v) is 9.38. The van der Waals surface area contributed by atoms with E-state index in [-0.39, 0.29) is 11.3 Å². The molecular weight excluding hydrogens is 504 g/mol. The molecule has 0 bridgehead atoms. The summed E-state index contributed by atoms with van der Waals surface area (Å²) in [5.74, 6) is 0.461. The van der Waals surface area contributed by atoms with Gasteiger partial charge in [-0.15, -0.1) is 0 Å². The maximum atomic E-state index is 13.5. The van der Waals surface area contributed by atoms with Gasteiger partial charge < -0.3 is 33.7 Å². The molecule has 1 unspecified atom stereocenters. The molecule has 2 saturated heterocycles. The first-order chi connectivity index (χ1) is 19.0. The number of carbonyl (C=O) groups excluding carboxylic acids is 2. The highest BCUT2D eigenvalue weighted by Crippen LogP contribution is 2.43. The number of hydrogen-bond acceptors (Lipinski definition) is 9. The monoisotopic (exact) mass is 538 g/mol. The third-order valence-corrected chi connectivity index (χ3v) is 7.00. The molecule has 3 aliphatic heterocycles. The van der Waals surface area contributed by atoms with E-state index in [1.54, 1.807) is 30.3 Å². The van der Waals surface area contributed by atoms with Crippen molar-refractivity contribution in [1.82, 2.24) is 9.80 Å². The van der Waals surface area contributed by atoms with Crippen LogP contribution in [0.15, 0.2) is 42.0 Å². The van der Waals surface area contributed by atoms with Crippen molar-refractivity contribution in [2.45, 2.75) is 19.9 Å². The Hall–Kier alpha value is -3.76. The summed E-state index contributed by atoms with van der Waals surface area (Å²) in [4.78, 5) is 30.6. The number of benzene rings is 2. The van der Waals surface area contributed by atoms with Crippen LogP contribution in [0.3, 0.4) is 0 Å². The summed E-state index contributed by atoms with van der Waals surface area (Å²) in [6.45, 7) is 9.10. The second kappa shape index (κ2) is 12.0. The van der Waals surface area contributed by atoms with Crippen LogP contribution in [-0.2, 0) is 14.3 Å². The number of hydrogen-bond donors (Lipinski definition) is 1. The molecule has 39 heavy (non-hydrogen) atoms. The number of carbonyl (C=O) groups is 2. The zero-order valence-electron chi connectivity index (χ0n) is 22.3. The van der Waals surface area contributed by atoms with Gasteiger partial charge in [0.1, 0.15) is 19.0 Å². The van der Waals surface area contributed by atoms with E-state index in [2.05, 4.69) is 4.90 Å². The first-order valence-electron chi connectivity index (χ1n) is 13.4. The number of ether oxygens (including phenoxy) is 5. The van der Waals surface area contributed by atoms with Crippen molar-refractivity contribution in [3.05, 3.63) is 53.1 Å². The van der Waals surface area contributed by atoms with Gasteiger partial charge in [0, 0.05) is 31.7 Å². The van der Waals surface area contributed by atoms with E-state index in [9.17, 15) is 14.7 Å². The Bertz CT molecular complexity index is 1250. The number of amides is 1. The maximum absolute atomic E-state index is 13.5. The average Bonchev–Trinajstić information content (AvgIpc) is 3.22. The average molecular weight is 539 g/mol. The highest BCUT2D eigenvalue weighted by Gasteiger charge is 2.46. The minimum Gasteiger partial charge on any atom is -0.507 e. The maximum Gasteiger partial charge on any atom is 0.295 e. The summed E-state index contributed by atoms with van der Waals surface area (Å²) in [5, 5.41) is 11.5. The lowest BCUT2D eigenvalue weighted by Gasteiger charge is -2.31. The molecule has 1 N–H and O–H groups in total.